The Labute approximate surface area is 151 Å². The van der Waals surface area contributed by atoms with E-state index in [4.69, 9.17) is 4.42 Å². The molecular formula is C19H11N3O3S. The summed E-state index contributed by atoms with van der Waals surface area (Å²) in [6.07, 6.45) is 6.95. The van der Waals surface area contributed by atoms with E-state index in [1.807, 2.05) is 30.5 Å². The molecule has 1 aliphatic rings. The SMILES string of the molecule is O=C1NC(=O)C(=Cc2cc3cncc(-c4ccc5[nH]ccc5c4)c3o2)S1. The van der Waals surface area contributed by atoms with Crippen LogP contribution in [-0.4, -0.2) is 21.1 Å². The van der Waals surface area contributed by atoms with Crippen LogP contribution in [0.4, 0.5) is 4.79 Å². The molecule has 4 aromatic rings. The average molecular weight is 361 g/mol. The number of hydrogen-bond acceptors (Lipinski definition) is 5. The molecule has 5 rings (SSSR count). The number of furan rings is 1. The molecular weight excluding hydrogens is 350 g/mol. The lowest BCUT2D eigenvalue weighted by molar-refractivity contribution is -0.115. The predicted octanol–water partition coefficient (Wildman–Crippen LogP) is 4.30. The number of rotatable bonds is 2. The van der Waals surface area contributed by atoms with Crippen molar-refractivity contribution in [3.8, 4) is 11.1 Å². The van der Waals surface area contributed by atoms with E-state index in [2.05, 4.69) is 21.4 Å². The highest BCUT2D eigenvalue weighted by molar-refractivity contribution is 8.18. The number of pyridine rings is 1. The first-order valence-corrected chi connectivity index (χ1v) is 8.69. The van der Waals surface area contributed by atoms with E-state index < -0.39 is 5.91 Å². The van der Waals surface area contributed by atoms with Crippen LogP contribution in [0.2, 0.25) is 0 Å². The van der Waals surface area contributed by atoms with Crippen LogP contribution in [0, 0.1) is 0 Å². The van der Waals surface area contributed by atoms with E-state index in [1.54, 1.807) is 18.5 Å². The highest BCUT2D eigenvalue weighted by Crippen LogP contribution is 2.33. The smallest absolute Gasteiger partial charge is 0.290 e. The maximum absolute atomic E-state index is 11.7. The maximum atomic E-state index is 11.7. The first-order valence-electron chi connectivity index (χ1n) is 7.87. The third-order valence-electron chi connectivity index (χ3n) is 4.22. The van der Waals surface area contributed by atoms with Crippen LogP contribution >= 0.6 is 11.8 Å². The van der Waals surface area contributed by atoms with Gasteiger partial charge in [0, 0.05) is 41.1 Å². The standard InChI is InChI=1S/C19H11N3O3S/c23-18-16(26-19(24)22-18)7-13-6-12-8-20-9-14(17(12)25-13)10-1-2-15-11(5-10)3-4-21-15/h1-9,21H,(H,22,23,24). The first-order chi connectivity index (χ1) is 12.7. The van der Waals surface area contributed by atoms with Crippen molar-refractivity contribution < 1.29 is 14.0 Å². The highest BCUT2D eigenvalue weighted by atomic mass is 32.2. The van der Waals surface area contributed by atoms with Crippen LogP contribution in [0.15, 0.2) is 58.2 Å². The molecule has 1 saturated heterocycles. The van der Waals surface area contributed by atoms with Gasteiger partial charge in [0.15, 0.2) is 0 Å². The van der Waals surface area contributed by atoms with Crippen molar-refractivity contribution in [2.45, 2.75) is 0 Å². The molecule has 0 atom stereocenters. The topological polar surface area (TPSA) is 88.0 Å². The summed E-state index contributed by atoms with van der Waals surface area (Å²) in [6.45, 7) is 0. The van der Waals surface area contributed by atoms with Gasteiger partial charge in [-0.1, -0.05) is 6.07 Å². The minimum Gasteiger partial charge on any atom is -0.456 e. The lowest BCUT2D eigenvalue weighted by Gasteiger charge is -2.02. The summed E-state index contributed by atoms with van der Waals surface area (Å²) in [6, 6.07) is 9.92. The summed E-state index contributed by atoms with van der Waals surface area (Å²) >= 11 is 0.864. The number of aromatic nitrogens is 2. The van der Waals surface area contributed by atoms with Gasteiger partial charge < -0.3 is 9.40 Å². The van der Waals surface area contributed by atoms with Crippen LogP contribution in [0.3, 0.4) is 0 Å². The molecule has 0 radical (unpaired) electrons. The third-order valence-corrected chi connectivity index (χ3v) is 5.03. The summed E-state index contributed by atoms with van der Waals surface area (Å²) in [5.74, 6) is 0.0982. The summed E-state index contributed by atoms with van der Waals surface area (Å²) < 4.78 is 5.96. The van der Waals surface area contributed by atoms with Gasteiger partial charge in [-0.3, -0.25) is 19.9 Å². The molecule has 0 bridgehead atoms. The molecule has 6 nitrogen and oxygen atoms in total. The quantitative estimate of drug-likeness (QED) is 0.520. The fraction of sp³-hybridized carbons (Fsp3) is 0. The second-order valence-electron chi connectivity index (χ2n) is 5.89. The molecule has 1 aliphatic heterocycles. The number of nitrogens with zero attached hydrogens (tertiary/aromatic N) is 1. The number of carbonyl (C=O) groups is 2. The number of fused-ring (bicyclic) bond motifs is 2. The molecule has 4 heterocycles. The molecule has 1 aromatic carbocycles. The minimum atomic E-state index is -0.406. The van der Waals surface area contributed by atoms with E-state index in [9.17, 15) is 9.59 Å². The number of hydrogen-bond donors (Lipinski definition) is 2. The van der Waals surface area contributed by atoms with Crippen LogP contribution < -0.4 is 5.32 Å². The average Bonchev–Trinajstić information content (AvgIpc) is 3.32. The lowest BCUT2D eigenvalue weighted by Crippen LogP contribution is -2.17. The Bertz CT molecular complexity index is 1240. The van der Waals surface area contributed by atoms with Crippen molar-refractivity contribution in [2.24, 2.45) is 0 Å². The normalized spacial score (nSPS) is 16.1. The molecule has 7 heteroatoms. The maximum Gasteiger partial charge on any atom is 0.290 e. The number of imide groups is 1. The van der Waals surface area contributed by atoms with E-state index in [1.165, 1.54) is 0 Å². The molecule has 0 spiro atoms. The molecule has 2 amide bonds. The molecule has 26 heavy (non-hydrogen) atoms. The number of thioether (sulfide) groups is 1. The number of amides is 2. The van der Waals surface area contributed by atoms with Crippen LogP contribution in [-0.2, 0) is 4.79 Å². The van der Waals surface area contributed by atoms with Crippen molar-refractivity contribution in [3.05, 3.63) is 59.6 Å². The number of H-pyrrole nitrogens is 1. The molecule has 126 valence electrons. The van der Waals surface area contributed by atoms with Gasteiger partial charge in [0.1, 0.15) is 11.3 Å². The van der Waals surface area contributed by atoms with Crippen molar-refractivity contribution in [2.75, 3.05) is 0 Å². The van der Waals surface area contributed by atoms with Gasteiger partial charge in [-0.25, -0.2) is 0 Å². The van der Waals surface area contributed by atoms with Gasteiger partial charge in [-0.05, 0) is 47.0 Å². The first kappa shape index (κ1) is 15.0. The van der Waals surface area contributed by atoms with Crippen molar-refractivity contribution in [3.63, 3.8) is 0 Å². The highest BCUT2D eigenvalue weighted by Gasteiger charge is 2.25. The van der Waals surface area contributed by atoms with Crippen molar-refractivity contribution in [1.29, 1.82) is 0 Å². The molecule has 3 aromatic heterocycles. The zero-order valence-corrected chi connectivity index (χ0v) is 14.1. The van der Waals surface area contributed by atoms with Crippen molar-refractivity contribution in [1.82, 2.24) is 15.3 Å². The summed E-state index contributed by atoms with van der Waals surface area (Å²) in [5.41, 5.74) is 3.62. The number of benzene rings is 1. The van der Waals surface area contributed by atoms with Crippen LogP contribution in [0.5, 0.6) is 0 Å². The summed E-state index contributed by atoms with van der Waals surface area (Å²) in [7, 11) is 0. The lowest BCUT2D eigenvalue weighted by atomic mass is 10.0. The Hall–Kier alpha value is -3.32. The van der Waals surface area contributed by atoms with E-state index in [-0.39, 0.29) is 5.24 Å². The van der Waals surface area contributed by atoms with E-state index >= 15 is 0 Å². The Morgan fingerprint density at radius 1 is 1.08 bits per heavy atom. The van der Waals surface area contributed by atoms with Crippen molar-refractivity contribution >= 4 is 50.9 Å². The summed E-state index contributed by atoms with van der Waals surface area (Å²) in [5, 5.41) is 3.79. The fourth-order valence-electron chi connectivity index (χ4n) is 3.03. The zero-order chi connectivity index (χ0) is 17.7. The molecule has 0 unspecified atom stereocenters. The zero-order valence-electron chi connectivity index (χ0n) is 13.3. The Morgan fingerprint density at radius 2 is 2.00 bits per heavy atom. The van der Waals surface area contributed by atoms with Gasteiger partial charge in [0.25, 0.3) is 11.1 Å². The number of nitrogens with one attached hydrogen (secondary N) is 2. The molecule has 1 fully saturated rings. The largest absolute Gasteiger partial charge is 0.456 e. The number of carbonyl (C=O) groups excluding carboxylic acids is 2. The second kappa shape index (κ2) is 5.60. The van der Waals surface area contributed by atoms with Gasteiger partial charge in [0.2, 0.25) is 0 Å². The minimum absolute atomic E-state index is 0.317. The van der Waals surface area contributed by atoms with Crippen LogP contribution in [0.25, 0.3) is 39.1 Å². The van der Waals surface area contributed by atoms with Gasteiger partial charge in [0.05, 0.1) is 4.91 Å². The van der Waals surface area contributed by atoms with Crippen LogP contribution in [0.1, 0.15) is 5.76 Å². The van der Waals surface area contributed by atoms with Gasteiger partial charge >= 0.3 is 0 Å². The number of aromatic amines is 1. The Kier molecular flexibility index (Phi) is 3.23. The van der Waals surface area contributed by atoms with Gasteiger partial charge in [-0.15, -0.1) is 0 Å². The van der Waals surface area contributed by atoms with E-state index in [0.717, 1.165) is 39.2 Å². The second-order valence-corrected chi connectivity index (χ2v) is 6.90. The Morgan fingerprint density at radius 3 is 2.85 bits per heavy atom. The molecule has 0 saturated carbocycles. The molecule has 0 aliphatic carbocycles. The van der Waals surface area contributed by atoms with E-state index in [0.29, 0.717) is 16.2 Å². The monoisotopic (exact) mass is 361 g/mol. The Balaban J connectivity index is 1.63. The predicted molar refractivity (Wildman–Crippen MR) is 100 cm³/mol. The van der Waals surface area contributed by atoms with Gasteiger partial charge in [-0.2, -0.15) is 0 Å². The summed E-state index contributed by atoms with van der Waals surface area (Å²) in [4.78, 5) is 30.8. The molecule has 2 N–H and O–H groups in total. The fourth-order valence-corrected chi connectivity index (χ4v) is 3.69. The third kappa shape index (κ3) is 2.41.